The van der Waals surface area contributed by atoms with Crippen LogP contribution in [0.3, 0.4) is 0 Å². The van der Waals surface area contributed by atoms with Crippen molar-refractivity contribution in [1.29, 1.82) is 0 Å². The lowest BCUT2D eigenvalue weighted by Gasteiger charge is -2.28. The Kier molecular flexibility index (Phi) is 6.73. The summed E-state index contributed by atoms with van der Waals surface area (Å²) < 4.78 is 0.913. The number of para-hydroxylation sites is 1. The fourth-order valence-corrected chi connectivity index (χ4v) is 4.08. The maximum atomic E-state index is 13.3. The van der Waals surface area contributed by atoms with Crippen LogP contribution in [0.15, 0.2) is 54.6 Å². The number of amides is 1. The molecule has 0 saturated carbocycles. The molecule has 6 nitrogen and oxygen atoms in total. The van der Waals surface area contributed by atoms with E-state index in [9.17, 15) is 14.7 Å². The molecule has 3 rings (SSSR count). The molecule has 1 atom stereocenters. The van der Waals surface area contributed by atoms with Gasteiger partial charge in [-0.2, -0.15) is 0 Å². The molecular weight excluding hydrogens is 374 g/mol. The van der Waals surface area contributed by atoms with Crippen LogP contribution < -0.4 is 5.73 Å². The van der Waals surface area contributed by atoms with Gasteiger partial charge in [-0.3, -0.25) is 9.69 Å². The third kappa shape index (κ3) is 4.74. The number of rotatable bonds is 9. The van der Waals surface area contributed by atoms with Crippen molar-refractivity contribution in [3.05, 3.63) is 65.2 Å². The number of hydrogen-bond donors (Lipinski definition) is 2. The predicted molar refractivity (Wildman–Crippen MR) is 111 cm³/mol. The van der Waals surface area contributed by atoms with Crippen molar-refractivity contribution in [3.8, 4) is 0 Å². The molecule has 0 aliphatic rings. The Labute approximate surface area is 167 Å². The number of carboxylic acid groups (broad SMARTS) is 1. The third-order valence-corrected chi connectivity index (χ3v) is 5.61. The molecule has 7 heteroatoms. The van der Waals surface area contributed by atoms with Gasteiger partial charge in [0.1, 0.15) is 6.04 Å². The van der Waals surface area contributed by atoms with Gasteiger partial charge in [-0.1, -0.05) is 42.5 Å². The fourth-order valence-electron chi connectivity index (χ4n) is 3.12. The number of nitrogens with two attached hydrogens (primary N) is 1. The second kappa shape index (κ2) is 9.43. The highest BCUT2D eigenvalue weighted by atomic mass is 32.1. The van der Waals surface area contributed by atoms with Gasteiger partial charge < -0.3 is 10.8 Å². The number of thiazole rings is 1. The number of nitrogens with zero attached hydrogens (tertiary/aromatic N) is 2. The van der Waals surface area contributed by atoms with Crippen molar-refractivity contribution in [2.45, 2.75) is 31.8 Å². The molecule has 146 valence electrons. The van der Waals surface area contributed by atoms with E-state index in [1.165, 1.54) is 16.2 Å². The molecule has 28 heavy (non-hydrogen) atoms. The summed E-state index contributed by atoms with van der Waals surface area (Å²) in [6.07, 6.45) is 0.722. The molecule has 0 aliphatic carbocycles. The van der Waals surface area contributed by atoms with Gasteiger partial charge in [0.05, 0.1) is 10.2 Å². The molecule has 1 heterocycles. The zero-order chi connectivity index (χ0) is 19.9. The summed E-state index contributed by atoms with van der Waals surface area (Å²) in [4.78, 5) is 30.9. The number of aromatic nitrogens is 1. The molecule has 0 aliphatic heterocycles. The predicted octanol–water partition coefficient (Wildman–Crippen LogP) is 4.16. The molecule has 0 radical (unpaired) electrons. The minimum absolute atomic E-state index is 0.153. The highest BCUT2D eigenvalue weighted by molar-refractivity contribution is 7.20. The highest BCUT2D eigenvalue weighted by Gasteiger charge is 2.32. The van der Waals surface area contributed by atoms with Crippen LogP contribution in [0, 0.1) is 0 Å². The summed E-state index contributed by atoms with van der Waals surface area (Å²) in [5.41, 5.74) is 7.18. The first-order valence-corrected chi connectivity index (χ1v) is 10.0. The zero-order valence-corrected chi connectivity index (χ0v) is 16.3. The molecule has 0 unspecified atom stereocenters. The van der Waals surface area contributed by atoms with Gasteiger partial charge in [0.2, 0.25) is 5.78 Å². The molecule has 2 aromatic carbocycles. The molecule has 3 N–H and O–H groups in total. The Balaban J connectivity index is 1.90. The minimum Gasteiger partial charge on any atom is -0.465 e. The van der Waals surface area contributed by atoms with Crippen molar-refractivity contribution < 1.29 is 14.7 Å². The summed E-state index contributed by atoms with van der Waals surface area (Å²) in [6.45, 7) is 0.661. The van der Waals surface area contributed by atoms with Crippen LogP contribution >= 0.6 is 11.3 Å². The van der Waals surface area contributed by atoms with Gasteiger partial charge in [0, 0.05) is 6.54 Å². The van der Waals surface area contributed by atoms with E-state index in [4.69, 9.17) is 5.73 Å². The smallest absolute Gasteiger partial charge is 0.408 e. The maximum Gasteiger partial charge on any atom is 0.408 e. The van der Waals surface area contributed by atoms with Crippen LogP contribution in [0.1, 0.15) is 34.6 Å². The third-order valence-electron chi connectivity index (χ3n) is 4.56. The van der Waals surface area contributed by atoms with E-state index in [1.807, 2.05) is 54.6 Å². The Hall–Kier alpha value is -2.77. The average Bonchev–Trinajstić information content (AvgIpc) is 3.14. The van der Waals surface area contributed by atoms with Crippen molar-refractivity contribution in [2.24, 2.45) is 5.73 Å². The molecule has 3 aromatic rings. The van der Waals surface area contributed by atoms with E-state index in [1.54, 1.807) is 0 Å². The molecule has 0 fully saturated rings. The number of unbranched alkanes of at least 4 members (excludes halogenated alkanes) is 1. The summed E-state index contributed by atoms with van der Waals surface area (Å²) >= 11 is 1.30. The minimum atomic E-state index is -1.11. The fraction of sp³-hybridized carbons (Fsp3) is 0.286. The first kappa shape index (κ1) is 20.0. The van der Waals surface area contributed by atoms with E-state index in [0.29, 0.717) is 24.4 Å². The van der Waals surface area contributed by atoms with Crippen LogP contribution in [0.25, 0.3) is 10.2 Å². The van der Waals surface area contributed by atoms with Gasteiger partial charge in [-0.05, 0) is 43.5 Å². The summed E-state index contributed by atoms with van der Waals surface area (Å²) in [7, 11) is 0. The van der Waals surface area contributed by atoms with E-state index in [2.05, 4.69) is 4.98 Å². The maximum absolute atomic E-state index is 13.3. The lowest BCUT2D eigenvalue weighted by Crippen LogP contribution is -2.44. The van der Waals surface area contributed by atoms with Crippen LogP contribution in [0.4, 0.5) is 4.79 Å². The second-order valence-corrected chi connectivity index (χ2v) is 7.58. The molecule has 0 spiro atoms. The second-order valence-electron chi connectivity index (χ2n) is 6.55. The Bertz CT molecular complexity index is 909. The number of fused-ring (bicyclic) bond motifs is 1. The first-order valence-electron chi connectivity index (χ1n) is 9.23. The lowest BCUT2D eigenvalue weighted by molar-refractivity contribution is 0.0754. The summed E-state index contributed by atoms with van der Waals surface area (Å²) in [6, 6.07) is 16.0. The highest BCUT2D eigenvalue weighted by Crippen LogP contribution is 2.25. The Morgan fingerprint density at radius 3 is 2.46 bits per heavy atom. The summed E-state index contributed by atoms with van der Waals surface area (Å²) in [5, 5.41) is 10.2. The monoisotopic (exact) mass is 397 g/mol. The molecule has 0 saturated heterocycles. The Morgan fingerprint density at radius 1 is 1.07 bits per heavy atom. The van der Waals surface area contributed by atoms with Gasteiger partial charge in [-0.15, -0.1) is 11.3 Å². The van der Waals surface area contributed by atoms with Gasteiger partial charge in [-0.25, -0.2) is 9.78 Å². The normalized spacial score (nSPS) is 12.0. The zero-order valence-electron chi connectivity index (χ0n) is 15.5. The average molecular weight is 398 g/mol. The Morgan fingerprint density at radius 2 is 1.79 bits per heavy atom. The van der Waals surface area contributed by atoms with E-state index in [-0.39, 0.29) is 12.3 Å². The van der Waals surface area contributed by atoms with Crippen LogP contribution in [-0.2, 0) is 6.54 Å². The lowest BCUT2D eigenvalue weighted by atomic mass is 10.0. The number of carbonyl (C=O) groups is 2. The van der Waals surface area contributed by atoms with Crippen LogP contribution in [0.5, 0.6) is 0 Å². The van der Waals surface area contributed by atoms with Crippen LogP contribution in [0.2, 0.25) is 0 Å². The SMILES string of the molecule is NCCCC[C@@H](C(=O)c1nc2ccccc2s1)N(Cc1ccccc1)C(=O)O. The molecule has 1 amide bonds. The molecule has 1 aromatic heterocycles. The molecular formula is C21H23N3O3S. The van der Waals surface area contributed by atoms with Crippen molar-refractivity contribution in [3.63, 3.8) is 0 Å². The number of carbonyl (C=O) groups excluding carboxylic acids is 1. The number of hydrogen-bond acceptors (Lipinski definition) is 5. The van der Waals surface area contributed by atoms with E-state index in [0.717, 1.165) is 22.2 Å². The number of ketones is 1. The van der Waals surface area contributed by atoms with Gasteiger partial charge >= 0.3 is 6.09 Å². The molecule has 0 bridgehead atoms. The van der Waals surface area contributed by atoms with Gasteiger partial charge in [0.15, 0.2) is 5.01 Å². The van der Waals surface area contributed by atoms with Crippen LogP contribution in [-0.4, -0.2) is 39.5 Å². The number of benzene rings is 2. The standard InChI is InChI=1S/C21H23N3O3S/c22-13-7-6-11-17(24(21(26)27)14-15-8-2-1-3-9-15)19(25)20-23-16-10-4-5-12-18(16)28-20/h1-5,8-10,12,17H,6-7,11,13-14,22H2,(H,26,27)/t17-/m0/s1. The largest absolute Gasteiger partial charge is 0.465 e. The van der Waals surface area contributed by atoms with Gasteiger partial charge in [0.25, 0.3) is 0 Å². The van der Waals surface area contributed by atoms with Crippen molar-refractivity contribution in [2.75, 3.05) is 6.54 Å². The topological polar surface area (TPSA) is 96.5 Å². The van der Waals surface area contributed by atoms with E-state index < -0.39 is 12.1 Å². The van der Waals surface area contributed by atoms with E-state index >= 15 is 0 Å². The quantitative estimate of drug-likeness (QED) is 0.417. The van der Waals surface area contributed by atoms with Crippen molar-refractivity contribution >= 4 is 33.4 Å². The first-order chi connectivity index (χ1) is 13.6. The summed E-state index contributed by atoms with van der Waals surface area (Å²) in [5.74, 6) is -0.253. The van der Waals surface area contributed by atoms with Crippen molar-refractivity contribution in [1.82, 2.24) is 9.88 Å². The number of Topliss-reactive ketones (excluding diaryl/α,β-unsaturated/α-hetero) is 1.